The molecule has 0 spiro atoms. The standard InChI is InChI=1S/C20H24N4O2/c1-14(25)21-17-6-2-4-15(12-17)18-7-8-20(23-22-18)26-19-9-11-24-10-3-5-16(19)13-24/h2,4,6-8,12,16,19H,3,5,9-11,13H2,1H3,(H,21,25)/t16-,19-/m0/s1. The number of ether oxygens (including phenoxy) is 1. The van der Waals surface area contributed by atoms with Gasteiger partial charge in [0.25, 0.3) is 0 Å². The molecule has 2 fully saturated rings. The Hall–Kier alpha value is -2.47. The number of anilines is 1. The zero-order valence-corrected chi connectivity index (χ0v) is 15.0. The Morgan fingerprint density at radius 1 is 1.19 bits per heavy atom. The molecule has 2 aromatic rings. The number of nitrogens with zero attached hydrogens (tertiary/aromatic N) is 3. The smallest absolute Gasteiger partial charge is 0.233 e. The molecule has 1 aromatic carbocycles. The number of amides is 1. The van der Waals surface area contributed by atoms with Crippen molar-refractivity contribution in [3.05, 3.63) is 36.4 Å². The van der Waals surface area contributed by atoms with Gasteiger partial charge >= 0.3 is 0 Å². The summed E-state index contributed by atoms with van der Waals surface area (Å²) < 4.78 is 6.15. The lowest BCUT2D eigenvalue weighted by molar-refractivity contribution is -0.114. The van der Waals surface area contributed by atoms with Gasteiger partial charge in [0.05, 0.1) is 5.69 Å². The molecule has 0 saturated carbocycles. The van der Waals surface area contributed by atoms with Gasteiger partial charge in [-0.3, -0.25) is 4.79 Å². The van der Waals surface area contributed by atoms with E-state index in [1.807, 2.05) is 36.4 Å². The highest BCUT2D eigenvalue weighted by molar-refractivity contribution is 5.89. The Labute approximate surface area is 153 Å². The van der Waals surface area contributed by atoms with Crippen LogP contribution in [0.4, 0.5) is 5.69 Å². The summed E-state index contributed by atoms with van der Waals surface area (Å²) in [7, 11) is 0. The Kier molecular flexibility index (Phi) is 4.84. The first-order valence-corrected chi connectivity index (χ1v) is 9.28. The topological polar surface area (TPSA) is 67.3 Å². The van der Waals surface area contributed by atoms with E-state index in [1.54, 1.807) is 0 Å². The van der Waals surface area contributed by atoms with Crippen LogP contribution in [0.15, 0.2) is 36.4 Å². The van der Waals surface area contributed by atoms with Crippen LogP contribution in [0.25, 0.3) is 11.3 Å². The molecule has 2 aliphatic heterocycles. The van der Waals surface area contributed by atoms with Crippen LogP contribution in [-0.4, -0.2) is 46.7 Å². The fourth-order valence-electron chi connectivity index (χ4n) is 3.95. The molecule has 6 nitrogen and oxygen atoms in total. The Balaban J connectivity index is 1.44. The normalized spacial score (nSPS) is 24.7. The highest BCUT2D eigenvalue weighted by Crippen LogP contribution is 2.29. The van der Waals surface area contributed by atoms with Crippen LogP contribution in [0.3, 0.4) is 0 Å². The lowest BCUT2D eigenvalue weighted by atomic mass is 9.87. The van der Waals surface area contributed by atoms with Crippen molar-refractivity contribution < 1.29 is 9.53 Å². The summed E-state index contributed by atoms with van der Waals surface area (Å²) in [5.41, 5.74) is 2.43. The van der Waals surface area contributed by atoms with Gasteiger partial charge in [-0.05, 0) is 44.0 Å². The molecule has 1 amide bonds. The lowest BCUT2D eigenvalue weighted by Crippen LogP contribution is -2.49. The van der Waals surface area contributed by atoms with E-state index in [1.165, 1.54) is 26.3 Å². The molecule has 0 radical (unpaired) electrons. The predicted octanol–water partition coefficient (Wildman–Crippen LogP) is 2.97. The van der Waals surface area contributed by atoms with Crippen molar-refractivity contribution in [2.75, 3.05) is 25.0 Å². The highest BCUT2D eigenvalue weighted by atomic mass is 16.5. The first-order chi connectivity index (χ1) is 12.7. The Bertz CT molecular complexity index is 778. The molecule has 3 atom stereocenters. The van der Waals surface area contributed by atoms with Gasteiger partial charge < -0.3 is 15.0 Å². The molecule has 26 heavy (non-hydrogen) atoms. The third-order valence-electron chi connectivity index (χ3n) is 5.19. The zero-order chi connectivity index (χ0) is 17.9. The van der Waals surface area contributed by atoms with E-state index in [0.717, 1.165) is 36.5 Å². The number of aromatic nitrogens is 2. The maximum Gasteiger partial charge on any atom is 0.233 e. The van der Waals surface area contributed by atoms with Crippen molar-refractivity contribution in [1.82, 2.24) is 15.1 Å². The molecule has 6 heteroatoms. The Morgan fingerprint density at radius 3 is 2.92 bits per heavy atom. The first kappa shape index (κ1) is 17.0. The Morgan fingerprint density at radius 2 is 2.12 bits per heavy atom. The number of carbonyl (C=O) groups excluding carboxylic acids is 1. The molecule has 3 heterocycles. The van der Waals surface area contributed by atoms with Gasteiger partial charge in [-0.15, -0.1) is 10.2 Å². The van der Waals surface area contributed by atoms with Crippen molar-refractivity contribution in [2.45, 2.75) is 32.3 Å². The highest BCUT2D eigenvalue weighted by Gasteiger charge is 2.33. The van der Waals surface area contributed by atoms with Crippen LogP contribution in [-0.2, 0) is 4.79 Å². The summed E-state index contributed by atoms with van der Waals surface area (Å²) in [5.74, 6) is 1.11. The van der Waals surface area contributed by atoms with Gasteiger partial charge in [0, 0.05) is 43.2 Å². The van der Waals surface area contributed by atoms with E-state index >= 15 is 0 Å². The second-order valence-electron chi connectivity index (χ2n) is 7.17. The van der Waals surface area contributed by atoms with Crippen LogP contribution in [0, 0.1) is 5.92 Å². The van der Waals surface area contributed by atoms with Crippen LogP contribution in [0.5, 0.6) is 5.88 Å². The lowest BCUT2D eigenvalue weighted by Gasteiger charge is -2.42. The molecular weight excluding hydrogens is 328 g/mol. The molecule has 1 aromatic heterocycles. The first-order valence-electron chi connectivity index (χ1n) is 9.28. The van der Waals surface area contributed by atoms with Crippen LogP contribution in [0.2, 0.25) is 0 Å². The minimum Gasteiger partial charge on any atom is -0.473 e. The van der Waals surface area contributed by atoms with Gasteiger partial charge in [0.1, 0.15) is 6.10 Å². The largest absolute Gasteiger partial charge is 0.473 e. The minimum absolute atomic E-state index is 0.0919. The van der Waals surface area contributed by atoms with E-state index in [0.29, 0.717) is 11.8 Å². The number of carbonyl (C=O) groups is 1. The number of hydrogen-bond donors (Lipinski definition) is 1. The average Bonchev–Trinajstić information content (AvgIpc) is 2.65. The van der Waals surface area contributed by atoms with Crippen LogP contribution in [0.1, 0.15) is 26.2 Å². The van der Waals surface area contributed by atoms with Crippen molar-refractivity contribution in [3.63, 3.8) is 0 Å². The summed E-state index contributed by atoms with van der Waals surface area (Å²) in [6.07, 6.45) is 3.81. The second-order valence-corrected chi connectivity index (χ2v) is 7.17. The monoisotopic (exact) mass is 352 g/mol. The summed E-state index contributed by atoms with van der Waals surface area (Å²) >= 11 is 0. The van der Waals surface area contributed by atoms with Gasteiger partial charge in [0.15, 0.2) is 0 Å². The molecule has 136 valence electrons. The van der Waals surface area contributed by atoms with Crippen LogP contribution >= 0.6 is 0 Å². The molecule has 0 aliphatic carbocycles. The molecule has 1 N–H and O–H groups in total. The zero-order valence-electron chi connectivity index (χ0n) is 15.0. The van der Waals surface area contributed by atoms with Crippen molar-refractivity contribution >= 4 is 11.6 Å². The number of hydrogen-bond acceptors (Lipinski definition) is 5. The molecule has 2 bridgehead atoms. The fraction of sp³-hybridized carbons (Fsp3) is 0.450. The maximum atomic E-state index is 11.2. The summed E-state index contributed by atoms with van der Waals surface area (Å²) in [6.45, 7) is 4.99. The number of benzene rings is 1. The van der Waals surface area contributed by atoms with Gasteiger partial charge in [0.2, 0.25) is 11.8 Å². The van der Waals surface area contributed by atoms with E-state index in [2.05, 4.69) is 20.4 Å². The third-order valence-corrected chi connectivity index (χ3v) is 5.19. The van der Waals surface area contributed by atoms with E-state index in [-0.39, 0.29) is 12.0 Å². The molecule has 2 saturated heterocycles. The van der Waals surface area contributed by atoms with E-state index < -0.39 is 0 Å². The molecular formula is C20H24N4O2. The summed E-state index contributed by atoms with van der Waals surface area (Å²) in [6, 6.07) is 11.4. The number of fused-ring (bicyclic) bond motifs is 2. The van der Waals surface area contributed by atoms with Crippen molar-refractivity contribution in [1.29, 1.82) is 0 Å². The van der Waals surface area contributed by atoms with E-state index in [4.69, 9.17) is 4.74 Å². The van der Waals surface area contributed by atoms with Crippen molar-refractivity contribution in [3.8, 4) is 17.1 Å². The molecule has 2 aliphatic rings. The molecule has 4 rings (SSSR count). The third kappa shape index (κ3) is 3.85. The maximum absolute atomic E-state index is 11.2. The quantitative estimate of drug-likeness (QED) is 0.916. The van der Waals surface area contributed by atoms with Gasteiger partial charge in [-0.1, -0.05) is 12.1 Å². The van der Waals surface area contributed by atoms with Crippen LogP contribution < -0.4 is 10.1 Å². The number of nitrogens with one attached hydrogen (secondary N) is 1. The SMILES string of the molecule is CC(=O)Nc1cccc(-c2ccc(O[C@H]3CCN4CCC[C@H]3C4)nn2)c1. The minimum atomic E-state index is -0.0919. The molecule has 1 unspecified atom stereocenters. The van der Waals surface area contributed by atoms with Gasteiger partial charge in [-0.2, -0.15) is 0 Å². The fourth-order valence-corrected chi connectivity index (χ4v) is 3.95. The van der Waals surface area contributed by atoms with Gasteiger partial charge in [-0.25, -0.2) is 0 Å². The number of rotatable bonds is 4. The second kappa shape index (κ2) is 7.41. The predicted molar refractivity (Wildman–Crippen MR) is 100.0 cm³/mol. The van der Waals surface area contributed by atoms with Crippen molar-refractivity contribution in [2.24, 2.45) is 5.92 Å². The van der Waals surface area contributed by atoms with E-state index in [9.17, 15) is 4.79 Å². The summed E-state index contributed by atoms with van der Waals surface area (Å²) in [5, 5.41) is 11.4. The average molecular weight is 352 g/mol. The summed E-state index contributed by atoms with van der Waals surface area (Å²) in [4.78, 5) is 13.7. The number of piperidine rings is 2.